The number of benzene rings is 3. The lowest BCUT2D eigenvalue weighted by molar-refractivity contribution is 1.19. The molecule has 0 fully saturated rings. The molecule has 134 valence electrons. The molecule has 3 aromatic carbocycles. The van der Waals surface area contributed by atoms with Gasteiger partial charge in [0.25, 0.3) is 0 Å². The van der Waals surface area contributed by atoms with Gasteiger partial charge in [-0.25, -0.2) is 9.98 Å². The normalized spacial score (nSPS) is 12.1. The molecule has 0 bridgehead atoms. The fourth-order valence-corrected chi connectivity index (χ4v) is 2.90. The maximum Gasteiger partial charge on any atom is 0.161 e. The topological polar surface area (TPSA) is 24.7 Å². The van der Waals surface area contributed by atoms with E-state index in [1.54, 1.807) is 0 Å². The molecule has 3 rings (SSSR count). The lowest BCUT2D eigenvalue weighted by Crippen LogP contribution is -2.04. The first-order valence-corrected chi connectivity index (χ1v) is 9.16. The van der Waals surface area contributed by atoms with Gasteiger partial charge >= 0.3 is 0 Å². The second-order valence-corrected chi connectivity index (χ2v) is 6.67. The summed E-state index contributed by atoms with van der Waals surface area (Å²) in [5, 5.41) is 0.211. The van der Waals surface area contributed by atoms with Gasteiger partial charge in [0.2, 0.25) is 0 Å². The Balaban J connectivity index is 1.94. The van der Waals surface area contributed by atoms with E-state index >= 15 is 0 Å². The fourth-order valence-electron chi connectivity index (χ4n) is 2.82. The van der Waals surface area contributed by atoms with Crippen LogP contribution < -0.4 is 0 Å². The van der Waals surface area contributed by atoms with Gasteiger partial charge in [-0.05, 0) is 36.1 Å². The molecule has 0 spiro atoms. The van der Waals surface area contributed by atoms with E-state index in [2.05, 4.69) is 48.0 Å². The minimum Gasteiger partial charge on any atom is -0.233 e. The van der Waals surface area contributed by atoms with Crippen molar-refractivity contribution in [2.45, 2.75) is 13.3 Å². The maximum absolute atomic E-state index is 5.97. The molecule has 2 nitrogen and oxygen atoms in total. The molecule has 3 heteroatoms. The summed E-state index contributed by atoms with van der Waals surface area (Å²) >= 11 is 5.97. The Kier molecular flexibility index (Phi) is 6.35. The number of amidine groups is 1. The Morgan fingerprint density at radius 3 is 2.04 bits per heavy atom. The molecule has 0 aliphatic heterocycles. The quantitative estimate of drug-likeness (QED) is 0.287. The largest absolute Gasteiger partial charge is 0.233 e. The number of halogens is 1. The van der Waals surface area contributed by atoms with Crippen molar-refractivity contribution in [3.63, 3.8) is 0 Å². The molecule has 0 N–H and O–H groups in total. The first-order valence-electron chi connectivity index (χ1n) is 8.79. The molecule has 0 saturated carbocycles. The van der Waals surface area contributed by atoms with Crippen molar-refractivity contribution >= 4 is 23.1 Å². The summed E-state index contributed by atoms with van der Waals surface area (Å²) in [6.07, 6.45) is 0.852. The number of aliphatic imine (C=N–C) groups is 2. The van der Waals surface area contributed by atoms with Crippen LogP contribution in [0.15, 0.2) is 107 Å². The molecule has 0 aliphatic carbocycles. The monoisotopic (exact) mass is 372 g/mol. The smallest absolute Gasteiger partial charge is 0.161 e. The molecule has 0 unspecified atom stereocenters. The fraction of sp³-hybridized carbons (Fsp3) is 0.0833. The highest BCUT2D eigenvalue weighted by molar-refractivity contribution is 6.30. The summed E-state index contributed by atoms with van der Waals surface area (Å²) in [6, 6.07) is 28.6. The summed E-state index contributed by atoms with van der Waals surface area (Å²) in [5.74, 6) is 0.561. The molecule has 27 heavy (non-hydrogen) atoms. The first-order chi connectivity index (χ1) is 13.1. The van der Waals surface area contributed by atoms with Crippen LogP contribution >= 0.6 is 11.6 Å². The van der Waals surface area contributed by atoms with Crippen molar-refractivity contribution in [3.8, 4) is 0 Å². The highest BCUT2D eigenvalue weighted by atomic mass is 35.5. The van der Waals surface area contributed by atoms with Crippen LogP contribution in [0.4, 0.5) is 0 Å². The second kappa shape index (κ2) is 9.11. The van der Waals surface area contributed by atoms with Gasteiger partial charge in [-0.1, -0.05) is 97.0 Å². The number of rotatable bonds is 5. The van der Waals surface area contributed by atoms with E-state index in [1.165, 1.54) is 11.1 Å². The van der Waals surface area contributed by atoms with E-state index < -0.39 is 0 Å². The van der Waals surface area contributed by atoms with Crippen molar-refractivity contribution in [2.75, 3.05) is 0 Å². The van der Waals surface area contributed by atoms with Crippen molar-refractivity contribution in [3.05, 3.63) is 119 Å². The SMILES string of the molecule is C=C(Cl)/N=C(\N=C(/C)c1ccccc1)c1cccc(Cc2ccccc2)c1. The van der Waals surface area contributed by atoms with Crippen LogP contribution in [0.3, 0.4) is 0 Å². The molecule has 0 heterocycles. The van der Waals surface area contributed by atoms with E-state index in [0.29, 0.717) is 5.84 Å². The van der Waals surface area contributed by atoms with E-state index in [9.17, 15) is 0 Å². The molecule has 0 aliphatic rings. The van der Waals surface area contributed by atoms with Gasteiger partial charge in [0.15, 0.2) is 5.84 Å². The Bertz CT molecular complexity index is 974. The van der Waals surface area contributed by atoms with Gasteiger partial charge in [-0.3, -0.25) is 0 Å². The minimum atomic E-state index is 0.211. The zero-order valence-corrected chi connectivity index (χ0v) is 16.0. The van der Waals surface area contributed by atoms with Gasteiger partial charge in [0.05, 0.1) is 0 Å². The second-order valence-electron chi connectivity index (χ2n) is 6.24. The first kappa shape index (κ1) is 18.8. The molecular weight excluding hydrogens is 352 g/mol. The lowest BCUT2D eigenvalue weighted by atomic mass is 10.0. The third-order valence-corrected chi connectivity index (χ3v) is 4.21. The number of nitrogens with zero attached hydrogens (tertiary/aromatic N) is 2. The van der Waals surface area contributed by atoms with Crippen LogP contribution in [0.25, 0.3) is 0 Å². The van der Waals surface area contributed by atoms with Crippen molar-refractivity contribution in [2.24, 2.45) is 9.98 Å². The molecule has 0 atom stereocenters. The van der Waals surface area contributed by atoms with Crippen LogP contribution in [-0.4, -0.2) is 11.5 Å². The average molecular weight is 373 g/mol. The third-order valence-electron chi connectivity index (χ3n) is 4.13. The molecule has 3 aromatic rings. The predicted molar refractivity (Wildman–Crippen MR) is 116 cm³/mol. The summed E-state index contributed by atoms with van der Waals surface area (Å²) in [7, 11) is 0. The predicted octanol–water partition coefficient (Wildman–Crippen LogP) is 6.24. The Morgan fingerprint density at radius 2 is 1.37 bits per heavy atom. The van der Waals surface area contributed by atoms with Crippen molar-refractivity contribution in [1.82, 2.24) is 0 Å². The van der Waals surface area contributed by atoms with Gasteiger partial charge < -0.3 is 0 Å². The van der Waals surface area contributed by atoms with Crippen LogP contribution in [0.1, 0.15) is 29.2 Å². The zero-order chi connectivity index (χ0) is 19.1. The highest BCUT2D eigenvalue weighted by Crippen LogP contribution is 2.15. The van der Waals surface area contributed by atoms with Gasteiger partial charge in [-0.15, -0.1) is 0 Å². The zero-order valence-electron chi connectivity index (χ0n) is 15.3. The van der Waals surface area contributed by atoms with Crippen molar-refractivity contribution in [1.29, 1.82) is 0 Å². The number of hydrogen-bond donors (Lipinski definition) is 0. The number of hydrogen-bond acceptors (Lipinski definition) is 1. The van der Waals surface area contributed by atoms with E-state index in [-0.39, 0.29) is 5.16 Å². The van der Waals surface area contributed by atoms with E-state index in [1.807, 2.05) is 55.5 Å². The third kappa shape index (κ3) is 5.50. The molecule has 0 radical (unpaired) electrons. The molecular formula is C24H21ClN2. The summed E-state index contributed by atoms with van der Waals surface area (Å²) < 4.78 is 0. The van der Waals surface area contributed by atoms with Gasteiger partial charge in [0.1, 0.15) is 5.16 Å². The maximum atomic E-state index is 5.97. The van der Waals surface area contributed by atoms with Crippen LogP contribution in [0.5, 0.6) is 0 Å². The Labute approximate surface area is 165 Å². The molecule has 0 amide bonds. The van der Waals surface area contributed by atoms with Gasteiger partial charge in [0, 0.05) is 11.3 Å². The summed E-state index contributed by atoms with van der Waals surface area (Å²) in [5.41, 5.74) is 5.30. The Morgan fingerprint density at radius 1 is 0.778 bits per heavy atom. The van der Waals surface area contributed by atoms with E-state index in [0.717, 1.165) is 23.3 Å². The van der Waals surface area contributed by atoms with Crippen molar-refractivity contribution < 1.29 is 0 Å². The Hall–Kier alpha value is -2.97. The standard InChI is InChI=1S/C24H21ClN2/c1-18(22-13-7-4-8-14-22)26-24(27-19(2)25)23-15-9-12-21(17-23)16-20-10-5-3-6-11-20/h3-15,17H,2,16H2,1H3/b26-18+,27-24-. The molecule has 0 saturated heterocycles. The van der Waals surface area contributed by atoms with E-state index in [4.69, 9.17) is 16.6 Å². The van der Waals surface area contributed by atoms with Crippen LogP contribution in [-0.2, 0) is 6.42 Å². The summed E-state index contributed by atoms with van der Waals surface area (Å²) in [4.78, 5) is 9.09. The summed E-state index contributed by atoms with van der Waals surface area (Å²) in [6.45, 7) is 5.67. The molecule has 0 aromatic heterocycles. The highest BCUT2D eigenvalue weighted by Gasteiger charge is 2.07. The average Bonchev–Trinajstić information content (AvgIpc) is 2.69. The lowest BCUT2D eigenvalue weighted by Gasteiger charge is -2.08. The van der Waals surface area contributed by atoms with Gasteiger partial charge in [-0.2, -0.15) is 0 Å². The van der Waals surface area contributed by atoms with Crippen LogP contribution in [0, 0.1) is 0 Å². The minimum absolute atomic E-state index is 0.211. The van der Waals surface area contributed by atoms with Crippen LogP contribution in [0.2, 0.25) is 0 Å².